The van der Waals surface area contributed by atoms with E-state index in [2.05, 4.69) is 12.2 Å². The molecule has 2 aliphatic rings. The summed E-state index contributed by atoms with van der Waals surface area (Å²) in [6.07, 6.45) is 4.01. The highest BCUT2D eigenvalue weighted by Crippen LogP contribution is 2.31. The van der Waals surface area contributed by atoms with Crippen molar-refractivity contribution < 1.29 is 14.4 Å². The Kier molecular flexibility index (Phi) is 6.70. The molecule has 1 aromatic carbocycles. The monoisotopic (exact) mass is 385 g/mol. The summed E-state index contributed by atoms with van der Waals surface area (Å²) in [7, 11) is 0. The predicted octanol–water partition coefficient (Wildman–Crippen LogP) is 2.68. The Labute approximate surface area is 167 Å². The number of anilines is 1. The van der Waals surface area contributed by atoms with Gasteiger partial charge in [0.1, 0.15) is 0 Å². The van der Waals surface area contributed by atoms with Crippen molar-refractivity contribution in [2.75, 3.05) is 31.5 Å². The third-order valence-corrected chi connectivity index (χ3v) is 6.11. The van der Waals surface area contributed by atoms with E-state index in [0.29, 0.717) is 26.2 Å². The van der Waals surface area contributed by atoms with Gasteiger partial charge in [-0.3, -0.25) is 14.4 Å². The summed E-state index contributed by atoms with van der Waals surface area (Å²) >= 11 is 0. The van der Waals surface area contributed by atoms with Gasteiger partial charge in [-0.05, 0) is 49.8 Å². The molecule has 1 aromatic rings. The van der Waals surface area contributed by atoms with Gasteiger partial charge in [0, 0.05) is 50.6 Å². The average Bonchev–Trinajstić information content (AvgIpc) is 2.74. The van der Waals surface area contributed by atoms with Crippen molar-refractivity contribution >= 4 is 23.4 Å². The molecule has 0 bridgehead atoms. The fourth-order valence-electron chi connectivity index (χ4n) is 4.17. The van der Waals surface area contributed by atoms with Gasteiger partial charge in [-0.15, -0.1) is 0 Å². The molecular formula is C22H31N3O3. The summed E-state index contributed by atoms with van der Waals surface area (Å²) in [6, 6.07) is 7.98. The van der Waals surface area contributed by atoms with E-state index in [0.717, 1.165) is 37.8 Å². The van der Waals surface area contributed by atoms with Gasteiger partial charge in [0.15, 0.2) is 0 Å². The van der Waals surface area contributed by atoms with E-state index in [1.165, 1.54) is 5.56 Å². The molecule has 0 atom stereocenters. The van der Waals surface area contributed by atoms with Crippen molar-refractivity contribution in [2.24, 2.45) is 11.8 Å². The Hall–Kier alpha value is -2.37. The smallest absolute Gasteiger partial charge is 0.227 e. The SMILES string of the molecule is CCc1ccc(NC(=O)C2CCC(C(=O)N3CCN(C(C)=O)CC3)CC2)cc1. The normalized spacial score (nSPS) is 22.6. The molecule has 3 rings (SSSR count). The van der Waals surface area contributed by atoms with Crippen LogP contribution in [0.2, 0.25) is 0 Å². The second-order valence-electron chi connectivity index (χ2n) is 7.92. The Morgan fingerprint density at radius 1 is 0.893 bits per heavy atom. The number of hydrogen-bond acceptors (Lipinski definition) is 3. The van der Waals surface area contributed by atoms with Crippen LogP contribution in [-0.2, 0) is 20.8 Å². The first-order valence-electron chi connectivity index (χ1n) is 10.4. The van der Waals surface area contributed by atoms with Crippen LogP contribution in [0.15, 0.2) is 24.3 Å². The van der Waals surface area contributed by atoms with E-state index >= 15 is 0 Å². The van der Waals surface area contributed by atoms with Crippen LogP contribution in [0.3, 0.4) is 0 Å². The third-order valence-electron chi connectivity index (χ3n) is 6.11. The number of rotatable bonds is 4. The molecule has 3 amide bonds. The summed E-state index contributed by atoms with van der Waals surface area (Å²) in [4.78, 5) is 40.4. The summed E-state index contributed by atoms with van der Waals surface area (Å²) in [5, 5.41) is 3.01. The zero-order chi connectivity index (χ0) is 20.1. The fraction of sp³-hybridized carbons (Fsp3) is 0.591. The maximum atomic E-state index is 12.8. The zero-order valence-corrected chi connectivity index (χ0v) is 16.9. The van der Waals surface area contributed by atoms with E-state index in [1.807, 2.05) is 29.2 Å². The average molecular weight is 386 g/mol. The minimum absolute atomic E-state index is 0.0109. The minimum Gasteiger partial charge on any atom is -0.339 e. The van der Waals surface area contributed by atoms with Crippen molar-refractivity contribution in [1.29, 1.82) is 0 Å². The molecule has 0 unspecified atom stereocenters. The minimum atomic E-state index is -0.0236. The van der Waals surface area contributed by atoms with Crippen LogP contribution in [0.4, 0.5) is 5.69 Å². The maximum absolute atomic E-state index is 12.8. The van der Waals surface area contributed by atoms with Crippen LogP contribution in [-0.4, -0.2) is 53.7 Å². The molecule has 2 fully saturated rings. The topological polar surface area (TPSA) is 69.7 Å². The lowest BCUT2D eigenvalue weighted by molar-refractivity contribution is -0.142. The van der Waals surface area contributed by atoms with Gasteiger partial charge in [0.25, 0.3) is 0 Å². The lowest BCUT2D eigenvalue weighted by Gasteiger charge is -2.37. The van der Waals surface area contributed by atoms with Gasteiger partial charge in [-0.2, -0.15) is 0 Å². The van der Waals surface area contributed by atoms with Crippen LogP contribution < -0.4 is 5.32 Å². The Bertz CT molecular complexity index is 700. The summed E-state index contributed by atoms with van der Waals surface area (Å²) in [5.74, 6) is 0.312. The van der Waals surface area contributed by atoms with Crippen molar-refractivity contribution in [1.82, 2.24) is 9.80 Å². The Morgan fingerprint density at radius 2 is 1.43 bits per heavy atom. The largest absolute Gasteiger partial charge is 0.339 e. The predicted molar refractivity (Wildman–Crippen MR) is 109 cm³/mol. The molecule has 6 heteroatoms. The van der Waals surface area contributed by atoms with Crippen molar-refractivity contribution in [3.63, 3.8) is 0 Å². The van der Waals surface area contributed by atoms with Crippen LogP contribution in [0.5, 0.6) is 0 Å². The first-order valence-corrected chi connectivity index (χ1v) is 10.4. The van der Waals surface area contributed by atoms with E-state index in [1.54, 1.807) is 11.8 Å². The molecule has 1 heterocycles. The highest BCUT2D eigenvalue weighted by atomic mass is 16.2. The highest BCUT2D eigenvalue weighted by molar-refractivity contribution is 5.92. The van der Waals surface area contributed by atoms with E-state index < -0.39 is 0 Å². The van der Waals surface area contributed by atoms with Crippen molar-refractivity contribution in [3.05, 3.63) is 29.8 Å². The Balaban J connectivity index is 1.45. The van der Waals surface area contributed by atoms with Gasteiger partial charge >= 0.3 is 0 Å². The van der Waals surface area contributed by atoms with E-state index in [-0.39, 0.29) is 29.6 Å². The van der Waals surface area contributed by atoms with Gasteiger partial charge in [-0.25, -0.2) is 0 Å². The second kappa shape index (κ2) is 9.22. The molecule has 0 aromatic heterocycles. The quantitative estimate of drug-likeness (QED) is 0.866. The van der Waals surface area contributed by atoms with E-state index in [4.69, 9.17) is 0 Å². The molecule has 1 saturated heterocycles. The molecule has 1 N–H and O–H groups in total. The number of carbonyl (C=O) groups excluding carboxylic acids is 3. The van der Waals surface area contributed by atoms with E-state index in [9.17, 15) is 14.4 Å². The van der Waals surface area contributed by atoms with Gasteiger partial charge in [0.2, 0.25) is 17.7 Å². The first kappa shape index (κ1) is 20.4. The zero-order valence-electron chi connectivity index (χ0n) is 16.9. The molecule has 6 nitrogen and oxygen atoms in total. The number of hydrogen-bond donors (Lipinski definition) is 1. The van der Waals surface area contributed by atoms with Gasteiger partial charge in [0.05, 0.1) is 0 Å². The number of nitrogens with zero attached hydrogens (tertiary/aromatic N) is 2. The van der Waals surface area contributed by atoms with Crippen LogP contribution in [0, 0.1) is 11.8 Å². The molecule has 152 valence electrons. The summed E-state index contributed by atoms with van der Waals surface area (Å²) in [5.41, 5.74) is 2.09. The molecule has 1 aliphatic carbocycles. The molecule has 1 saturated carbocycles. The van der Waals surface area contributed by atoms with Crippen LogP contribution >= 0.6 is 0 Å². The lowest BCUT2D eigenvalue weighted by atomic mass is 9.80. The lowest BCUT2D eigenvalue weighted by Crippen LogP contribution is -2.51. The molecule has 1 aliphatic heterocycles. The first-order chi connectivity index (χ1) is 13.5. The third kappa shape index (κ3) is 4.91. The number of nitrogens with one attached hydrogen (secondary N) is 1. The number of carbonyl (C=O) groups is 3. The highest BCUT2D eigenvalue weighted by Gasteiger charge is 2.33. The fourth-order valence-corrected chi connectivity index (χ4v) is 4.17. The molecule has 0 spiro atoms. The molecule has 0 radical (unpaired) electrons. The standard InChI is InChI=1S/C22H31N3O3/c1-3-17-4-10-20(11-5-17)23-21(27)18-6-8-19(9-7-18)22(28)25-14-12-24(13-15-25)16(2)26/h4-5,10-11,18-19H,3,6-9,12-15H2,1-2H3,(H,23,27). The van der Waals surface area contributed by atoms with Crippen LogP contribution in [0.1, 0.15) is 45.1 Å². The van der Waals surface area contributed by atoms with Gasteiger partial charge < -0.3 is 15.1 Å². The summed E-state index contributed by atoms with van der Waals surface area (Å²) in [6.45, 7) is 6.16. The number of piperazine rings is 1. The number of benzene rings is 1. The van der Waals surface area contributed by atoms with Gasteiger partial charge in [-0.1, -0.05) is 19.1 Å². The van der Waals surface area contributed by atoms with Crippen molar-refractivity contribution in [2.45, 2.75) is 46.0 Å². The molecule has 28 heavy (non-hydrogen) atoms. The summed E-state index contributed by atoms with van der Waals surface area (Å²) < 4.78 is 0. The second-order valence-corrected chi connectivity index (χ2v) is 7.92. The maximum Gasteiger partial charge on any atom is 0.227 e. The number of amides is 3. The van der Waals surface area contributed by atoms with Crippen molar-refractivity contribution in [3.8, 4) is 0 Å². The molecular weight excluding hydrogens is 354 g/mol. The van der Waals surface area contributed by atoms with Crippen LogP contribution in [0.25, 0.3) is 0 Å². The number of aryl methyl sites for hydroxylation is 1. The Morgan fingerprint density at radius 3 is 1.96 bits per heavy atom.